The molecular formula is C10H8FNO2S. The van der Waals surface area contributed by atoms with E-state index >= 15 is 0 Å². The average Bonchev–Trinajstić information content (AvgIpc) is 2.42. The summed E-state index contributed by atoms with van der Waals surface area (Å²) in [5.74, 6) is -0.364. The fraction of sp³-hybridized carbons (Fsp3) is 0. The Balaban J connectivity index is 2.48. The second kappa shape index (κ2) is 3.20. The molecule has 1 heterocycles. The van der Waals surface area contributed by atoms with Crippen LogP contribution in [0, 0.1) is 5.82 Å². The molecule has 1 aliphatic heterocycles. The van der Waals surface area contributed by atoms with Crippen LogP contribution in [0.4, 0.5) is 4.39 Å². The van der Waals surface area contributed by atoms with Crippen LogP contribution in [0.15, 0.2) is 40.8 Å². The monoisotopic (exact) mass is 225 g/mol. The van der Waals surface area contributed by atoms with Gasteiger partial charge < -0.3 is 5.73 Å². The number of rotatable bonds is 1. The highest BCUT2D eigenvalue weighted by molar-refractivity contribution is 7.98. The SMILES string of the molecule is NC1=CC(c2ccc(F)cc2)=CS1(=O)=O. The fourth-order valence-corrected chi connectivity index (χ4v) is 2.26. The molecule has 3 nitrogen and oxygen atoms in total. The van der Waals surface area contributed by atoms with E-state index in [9.17, 15) is 12.8 Å². The van der Waals surface area contributed by atoms with Gasteiger partial charge in [-0.1, -0.05) is 12.1 Å². The average molecular weight is 225 g/mol. The van der Waals surface area contributed by atoms with E-state index in [0.717, 1.165) is 5.41 Å². The van der Waals surface area contributed by atoms with Gasteiger partial charge in [0.25, 0.3) is 0 Å². The van der Waals surface area contributed by atoms with Gasteiger partial charge in [0.1, 0.15) is 10.8 Å². The molecule has 0 bridgehead atoms. The third kappa shape index (κ3) is 1.78. The van der Waals surface area contributed by atoms with Gasteiger partial charge in [0.05, 0.1) is 0 Å². The normalized spacial score (nSPS) is 18.5. The molecule has 78 valence electrons. The van der Waals surface area contributed by atoms with Crippen molar-refractivity contribution in [2.75, 3.05) is 0 Å². The molecule has 0 aromatic heterocycles. The van der Waals surface area contributed by atoms with E-state index < -0.39 is 9.84 Å². The smallest absolute Gasteiger partial charge is 0.215 e. The molecule has 0 unspecified atom stereocenters. The number of allylic oxidation sites excluding steroid dienone is 2. The highest BCUT2D eigenvalue weighted by atomic mass is 32.2. The minimum atomic E-state index is -3.45. The second-order valence-corrected chi connectivity index (χ2v) is 4.97. The first-order chi connectivity index (χ1) is 6.99. The van der Waals surface area contributed by atoms with E-state index in [2.05, 4.69) is 0 Å². The molecule has 1 aromatic carbocycles. The zero-order valence-electron chi connectivity index (χ0n) is 7.64. The van der Waals surface area contributed by atoms with Crippen molar-refractivity contribution in [3.05, 3.63) is 52.2 Å². The molecule has 15 heavy (non-hydrogen) atoms. The molecule has 0 atom stereocenters. The zero-order valence-corrected chi connectivity index (χ0v) is 8.46. The summed E-state index contributed by atoms with van der Waals surface area (Å²) in [4.78, 5) is 0. The van der Waals surface area contributed by atoms with Gasteiger partial charge in [-0.15, -0.1) is 0 Å². The lowest BCUT2D eigenvalue weighted by atomic mass is 10.1. The molecule has 0 saturated carbocycles. The van der Waals surface area contributed by atoms with Gasteiger partial charge in [0.15, 0.2) is 0 Å². The Morgan fingerprint density at radius 2 is 1.73 bits per heavy atom. The maximum absolute atomic E-state index is 12.6. The Kier molecular flexibility index (Phi) is 2.12. The first-order valence-corrected chi connectivity index (χ1v) is 5.73. The summed E-state index contributed by atoms with van der Waals surface area (Å²) >= 11 is 0. The van der Waals surface area contributed by atoms with Crippen LogP contribution in [-0.2, 0) is 9.84 Å². The van der Waals surface area contributed by atoms with Crippen LogP contribution in [0.2, 0.25) is 0 Å². The van der Waals surface area contributed by atoms with Crippen molar-refractivity contribution >= 4 is 15.4 Å². The predicted octanol–water partition coefficient (Wildman–Crippen LogP) is 1.40. The van der Waals surface area contributed by atoms with E-state index in [1.807, 2.05) is 0 Å². The summed E-state index contributed by atoms with van der Waals surface area (Å²) in [5.41, 5.74) is 6.42. The summed E-state index contributed by atoms with van der Waals surface area (Å²) in [6.07, 6.45) is 1.36. The van der Waals surface area contributed by atoms with Crippen LogP contribution in [0.5, 0.6) is 0 Å². The molecule has 0 amide bonds. The van der Waals surface area contributed by atoms with Crippen molar-refractivity contribution < 1.29 is 12.8 Å². The summed E-state index contributed by atoms with van der Waals surface area (Å²) in [6, 6.07) is 5.55. The van der Waals surface area contributed by atoms with Gasteiger partial charge in [0.2, 0.25) is 9.84 Å². The maximum atomic E-state index is 12.6. The van der Waals surface area contributed by atoms with Gasteiger partial charge in [-0.05, 0) is 29.3 Å². The summed E-state index contributed by atoms with van der Waals surface area (Å²) in [7, 11) is -3.45. The molecule has 5 heteroatoms. The molecule has 0 saturated heterocycles. The van der Waals surface area contributed by atoms with E-state index in [1.54, 1.807) is 0 Å². The molecule has 2 rings (SSSR count). The number of benzene rings is 1. The van der Waals surface area contributed by atoms with Gasteiger partial charge in [-0.3, -0.25) is 0 Å². The second-order valence-electron chi connectivity index (χ2n) is 3.17. The minimum absolute atomic E-state index is 0.179. The first-order valence-electron chi connectivity index (χ1n) is 4.19. The summed E-state index contributed by atoms with van der Waals surface area (Å²) in [5, 5.41) is 0.900. The predicted molar refractivity (Wildman–Crippen MR) is 55.6 cm³/mol. The van der Waals surface area contributed by atoms with Crippen LogP contribution in [-0.4, -0.2) is 8.42 Å². The highest BCUT2D eigenvalue weighted by Crippen LogP contribution is 2.26. The lowest BCUT2D eigenvalue weighted by molar-refractivity contribution is 0.610. The molecule has 0 fully saturated rings. The molecule has 1 aliphatic rings. The third-order valence-corrected chi connectivity index (χ3v) is 3.43. The third-order valence-electron chi connectivity index (χ3n) is 2.09. The zero-order chi connectivity index (χ0) is 11.1. The standard InChI is InChI=1S/C10H8FNO2S/c11-9-3-1-7(2-4-9)8-5-10(12)15(13,14)6-8/h1-6H,12H2. The van der Waals surface area contributed by atoms with Crippen LogP contribution >= 0.6 is 0 Å². The Labute approximate surface area is 86.6 Å². The fourth-order valence-electron chi connectivity index (χ4n) is 1.30. The van der Waals surface area contributed by atoms with E-state index in [1.165, 1.54) is 30.3 Å². The lowest BCUT2D eigenvalue weighted by Crippen LogP contribution is -2.04. The van der Waals surface area contributed by atoms with Crippen LogP contribution in [0.25, 0.3) is 5.57 Å². The van der Waals surface area contributed by atoms with E-state index in [0.29, 0.717) is 11.1 Å². The Morgan fingerprint density at radius 1 is 1.13 bits per heavy atom. The Morgan fingerprint density at radius 3 is 2.20 bits per heavy atom. The quantitative estimate of drug-likeness (QED) is 0.785. The number of sulfone groups is 1. The number of halogens is 1. The lowest BCUT2D eigenvalue weighted by Gasteiger charge is -1.97. The largest absolute Gasteiger partial charge is 0.389 e. The molecule has 0 radical (unpaired) electrons. The van der Waals surface area contributed by atoms with Crippen molar-refractivity contribution in [2.24, 2.45) is 5.73 Å². The number of hydrogen-bond donors (Lipinski definition) is 1. The van der Waals surface area contributed by atoms with Gasteiger partial charge in [-0.25, -0.2) is 12.8 Å². The molecule has 0 aliphatic carbocycles. The van der Waals surface area contributed by atoms with Crippen molar-refractivity contribution in [3.63, 3.8) is 0 Å². The minimum Gasteiger partial charge on any atom is -0.389 e. The van der Waals surface area contributed by atoms with Crippen molar-refractivity contribution in [1.82, 2.24) is 0 Å². The molecule has 0 spiro atoms. The van der Waals surface area contributed by atoms with Crippen molar-refractivity contribution in [2.45, 2.75) is 0 Å². The van der Waals surface area contributed by atoms with E-state index in [-0.39, 0.29) is 10.8 Å². The summed E-state index contributed by atoms with van der Waals surface area (Å²) in [6.45, 7) is 0. The molecule has 2 N–H and O–H groups in total. The molecular weight excluding hydrogens is 217 g/mol. The van der Waals surface area contributed by atoms with Crippen LogP contribution in [0.1, 0.15) is 5.56 Å². The van der Waals surface area contributed by atoms with Crippen LogP contribution in [0.3, 0.4) is 0 Å². The van der Waals surface area contributed by atoms with E-state index in [4.69, 9.17) is 5.73 Å². The number of hydrogen-bond acceptors (Lipinski definition) is 3. The first kappa shape index (κ1) is 9.92. The van der Waals surface area contributed by atoms with Gasteiger partial charge in [-0.2, -0.15) is 0 Å². The summed E-state index contributed by atoms with van der Waals surface area (Å²) < 4.78 is 35.2. The van der Waals surface area contributed by atoms with Gasteiger partial charge in [0, 0.05) is 5.41 Å². The van der Waals surface area contributed by atoms with Gasteiger partial charge >= 0.3 is 0 Å². The Bertz CT molecular complexity index is 556. The Hall–Kier alpha value is -1.62. The van der Waals surface area contributed by atoms with Crippen molar-refractivity contribution in [1.29, 1.82) is 0 Å². The molecule has 1 aromatic rings. The number of nitrogens with two attached hydrogens (primary N) is 1. The van der Waals surface area contributed by atoms with Crippen LogP contribution < -0.4 is 5.73 Å². The maximum Gasteiger partial charge on any atom is 0.215 e. The van der Waals surface area contributed by atoms with Crippen molar-refractivity contribution in [3.8, 4) is 0 Å². The topological polar surface area (TPSA) is 60.2 Å². The highest BCUT2D eigenvalue weighted by Gasteiger charge is 2.20.